The van der Waals surface area contributed by atoms with E-state index >= 15 is 0 Å². The van der Waals surface area contributed by atoms with Crippen LogP contribution in [0.2, 0.25) is 0 Å². The summed E-state index contributed by atoms with van der Waals surface area (Å²) in [5.41, 5.74) is 1.21. The van der Waals surface area contributed by atoms with Gasteiger partial charge in [-0.1, -0.05) is 0 Å². The third-order valence-corrected chi connectivity index (χ3v) is 9.64. The number of ether oxygens (including phenoxy) is 5. The van der Waals surface area contributed by atoms with Crippen molar-refractivity contribution in [2.45, 2.75) is 18.9 Å². The summed E-state index contributed by atoms with van der Waals surface area (Å²) in [6, 6.07) is 0. The van der Waals surface area contributed by atoms with Gasteiger partial charge in [0.15, 0.2) is 21.5 Å². The van der Waals surface area contributed by atoms with Gasteiger partial charge in [0.1, 0.15) is 11.0 Å². The topological polar surface area (TPSA) is 145 Å². The van der Waals surface area contributed by atoms with E-state index in [9.17, 15) is 8.42 Å². The molecule has 2 fully saturated rings. The molecule has 2 aromatic heterocycles. The summed E-state index contributed by atoms with van der Waals surface area (Å²) in [5.74, 6) is 2.42. The van der Waals surface area contributed by atoms with Crippen molar-refractivity contribution in [3.05, 3.63) is 0 Å². The summed E-state index contributed by atoms with van der Waals surface area (Å²) in [6.45, 7) is 6.27. The van der Waals surface area contributed by atoms with Crippen LogP contribution in [0.4, 0.5) is 23.5 Å². The number of fused-ring (bicyclic) bond motifs is 1. The number of hydrogen-bond acceptors (Lipinski definition) is 15. The van der Waals surface area contributed by atoms with Crippen molar-refractivity contribution < 1.29 is 32.1 Å². The molecule has 15 nitrogen and oxygen atoms in total. The van der Waals surface area contributed by atoms with Crippen LogP contribution in [-0.4, -0.2) is 160 Å². The lowest BCUT2D eigenvalue weighted by Gasteiger charge is -2.34. The standard InChI is InChI=1S/C28H48N8O7S/c1-39-16-10-35(11-17-40-2)27-30-24-23(25(31-27)33-8-6-22(43-5)7-9-33)29-28(36(12-18-41-3)13-19-42-4)32-26(24)34-14-20-44(37,38)21-15-34/h22H,6-21H2,1-5H3. The first-order valence-electron chi connectivity index (χ1n) is 15.1. The Hall–Kier alpha value is -2.63. The van der Waals surface area contributed by atoms with Gasteiger partial charge in [0.25, 0.3) is 0 Å². The van der Waals surface area contributed by atoms with Crippen LogP contribution in [0.5, 0.6) is 0 Å². The van der Waals surface area contributed by atoms with Crippen molar-refractivity contribution in [1.82, 2.24) is 19.9 Å². The lowest BCUT2D eigenvalue weighted by molar-refractivity contribution is 0.0818. The predicted octanol–water partition coefficient (Wildman–Crippen LogP) is 0.468. The number of methoxy groups -OCH3 is 5. The second-order valence-corrected chi connectivity index (χ2v) is 13.2. The molecule has 16 heteroatoms. The van der Waals surface area contributed by atoms with Crippen LogP contribution in [0.3, 0.4) is 0 Å². The predicted molar refractivity (Wildman–Crippen MR) is 170 cm³/mol. The molecule has 2 aliphatic heterocycles. The number of nitrogens with zero attached hydrogens (tertiary/aromatic N) is 8. The summed E-state index contributed by atoms with van der Waals surface area (Å²) in [4.78, 5) is 28.7. The molecule has 0 atom stereocenters. The molecule has 0 aromatic carbocycles. The molecule has 0 amide bonds. The van der Waals surface area contributed by atoms with Gasteiger partial charge in [-0.05, 0) is 12.8 Å². The Labute approximate surface area is 260 Å². The molecular formula is C28H48N8O7S. The highest BCUT2D eigenvalue weighted by atomic mass is 32.2. The SMILES string of the molecule is COCCN(CCOC)c1nc(N2CCS(=O)(=O)CC2)c2nc(N(CCOC)CCOC)nc(N3CCC(OC)CC3)c2n1. The number of piperidine rings is 1. The molecule has 0 bridgehead atoms. The van der Waals surface area contributed by atoms with E-state index in [2.05, 4.69) is 4.90 Å². The zero-order valence-corrected chi connectivity index (χ0v) is 27.6. The van der Waals surface area contributed by atoms with Crippen LogP contribution in [0.1, 0.15) is 12.8 Å². The van der Waals surface area contributed by atoms with E-state index in [1.807, 2.05) is 14.7 Å². The van der Waals surface area contributed by atoms with Gasteiger partial charge in [-0.3, -0.25) is 0 Å². The van der Waals surface area contributed by atoms with Crippen LogP contribution < -0.4 is 19.6 Å². The van der Waals surface area contributed by atoms with Crippen molar-refractivity contribution in [3.63, 3.8) is 0 Å². The zero-order chi connectivity index (χ0) is 31.5. The molecule has 4 heterocycles. The third-order valence-electron chi connectivity index (χ3n) is 8.03. The number of rotatable bonds is 17. The number of anilines is 4. The quantitative estimate of drug-likeness (QED) is 0.236. The highest BCUT2D eigenvalue weighted by molar-refractivity contribution is 7.91. The van der Waals surface area contributed by atoms with E-state index in [1.54, 1.807) is 35.5 Å². The molecule has 248 valence electrons. The molecule has 0 N–H and O–H groups in total. The fourth-order valence-electron chi connectivity index (χ4n) is 5.34. The van der Waals surface area contributed by atoms with E-state index < -0.39 is 9.84 Å². The first kappa shape index (κ1) is 34.2. The van der Waals surface area contributed by atoms with Crippen LogP contribution in [0.25, 0.3) is 11.0 Å². The maximum absolute atomic E-state index is 12.4. The maximum atomic E-state index is 12.4. The molecular weight excluding hydrogens is 592 g/mol. The van der Waals surface area contributed by atoms with Gasteiger partial charge in [-0.2, -0.15) is 9.97 Å². The summed E-state index contributed by atoms with van der Waals surface area (Å²) in [7, 11) is 5.28. The maximum Gasteiger partial charge on any atom is 0.228 e. The highest BCUT2D eigenvalue weighted by Crippen LogP contribution is 2.34. The van der Waals surface area contributed by atoms with Gasteiger partial charge in [-0.15, -0.1) is 0 Å². The van der Waals surface area contributed by atoms with Crippen molar-refractivity contribution >= 4 is 44.4 Å². The summed E-state index contributed by atoms with van der Waals surface area (Å²) < 4.78 is 52.0. The van der Waals surface area contributed by atoms with Crippen LogP contribution >= 0.6 is 0 Å². The third kappa shape index (κ3) is 8.75. The van der Waals surface area contributed by atoms with Gasteiger partial charge < -0.3 is 43.3 Å². The normalized spacial score (nSPS) is 17.4. The average Bonchev–Trinajstić information content (AvgIpc) is 3.04. The van der Waals surface area contributed by atoms with E-state index in [1.165, 1.54) is 0 Å². The Bertz CT molecular complexity index is 1270. The van der Waals surface area contributed by atoms with E-state index in [0.29, 0.717) is 100 Å². The summed E-state index contributed by atoms with van der Waals surface area (Å²) in [6.07, 6.45) is 1.90. The number of sulfone groups is 1. The molecule has 0 spiro atoms. The van der Waals surface area contributed by atoms with Crippen LogP contribution in [0.15, 0.2) is 0 Å². The molecule has 4 rings (SSSR count). The second-order valence-electron chi connectivity index (χ2n) is 10.9. The fraction of sp³-hybridized carbons (Fsp3) is 0.786. The van der Waals surface area contributed by atoms with Crippen molar-refractivity contribution in [1.29, 1.82) is 0 Å². The van der Waals surface area contributed by atoms with E-state index in [-0.39, 0.29) is 17.6 Å². The molecule has 44 heavy (non-hydrogen) atoms. The zero-order valence-electron chi connectivity index (χ0n) is 26.7. The van der Waals surface area contributed by atoms with E-state index in [4.69, 9.17) is 43.6 Å². The first-order chi connectivity index (χ1) is 21.3. The molecule has 2 aliphatic rings. The van der Waals surface area contributed by atoms with Crippen LogP contribution in [-0.2, 0) is 33.5 Å². The van der Waals surface area contributed by atoms with Gasteiger partial charge in [0, 0.05) is 87.9 Å². The molecule has 0 saturated carbocycles. The highest BCUT2D eigenvalue weighted by Gasteiger charge is 2.30. The Morgan fingerprint density at radius 2 is 1.02 bits per heavy atom. The minimum Gasteiger partial charge on any atom is -0.383 e. The molecule has 0 aliphatic carbocycles. The number of aromatic nitrogens is 4. The smallest absolute Gasteiger partial charge is 0.228 e. The van der Waals surface area contributed by atoms with Crippen molar-refractivity contribution in [2.24, 2.45) is 0 Å². The first-order valence-corrected chi connectivity index (χ1v) is 16.9. The minimum absolute atomic E-state index is 0.0496. The largest absolute Gasteiger partial charge is 0.383 e. The molecule has 0 unspecified atom stereocenters. The summed E-state index contributed by atoms with van der Waals surface area (Å²) in [5, 5.41) is 0. The monoisotopic (exact) mass is 640 g/mol. The lowest BCUT2D eigenvalue weighted by Crippen LogP contribution is -2.42. The molecule has 2 saturated heterocycles. The van der Waals surface area contributed by atoms with Gasteiger partial charge in [0.05, 0.1) is 44.0 Å². The van der Waals surface area contributed by atoms with Crippen LogP contribution in [0, 0.1) is 0 Å². The van der Waals surface area contributed by atoms with Gasteiger partial charge in [-0.25, -0.2) is 18.4 Å². The number of hydrogen-bond donors (Lipinski definition) is 0. The fourth-order valence-corrected chi connectivity index (χ4v) is 6.55. The van der Waals surface area contributed by atoms with Gasteiger partial charge >= 0.3 is 0 Å². The lowest BCUT2D eigenvalue weighted by atomic mass is 10.1. The van der Waals surface area contributed by atoms with E-state index in [0.717, 1.165) is 25.9 Å². The summed E-state index contributed by atoms with van der Waals surface area (Å²) >= 11 is 0. The average molecular weight is 641 g/mol. The van der Waals surface area contributed by atoms with Gasteiger partial charge in [0.2, 0.25) is 11.9 Å². The molecule has 0 radical (unpaired) electrons. The Balaban J connectivity index is 1.92. The Morgan fingerprint density at radius 3 is 1.39 bits per heavy atom. The molecule has 2 aromatic rings. The second kappa shape index (κ2) is 16.6. The van der Waals surface area contributed by atoms with Crippen molar-refractivity contribution in [3.8, 4) is 0 Å². The van der Waals surface area contributed by atoms with Crippen molar-refractivity contribution in [2.75, 3.05) is 145 Å². The Kier molecular flexibility index (Phi) is 12.9. The minimum atomic E-state index is -3.12. The Morgan fingerprint density at radius 1 is 0.636 bits per heavy atom.